The Morgan fingerprint density at radius 1 is 1.36 bits per heavy atom. The summed E-state index contributed by atoms with van der Waals surface area (Å²) in [5.41, 5.74) is -0.896. The van der Waals surface area contributed by atoms with Gasteiger partial charge in [-0.15, -0.1) is 0 Å². The van der Waals surface area contributed by atoms with Crippen LogP contribution in [0.4, 0.5) is 0 Å². The lowest BCUT2D eigenvalue weighted by molar-refractivity contribution is -0.119. The van der Waals surface area contributed by atoms with E-state index in [1.54, 1.807) is 20.8 Å². The third-order valence-electron chi connectivity index (χ3n) is 1.36. The van der Waals surface area contributed by atoms with Crippen molar-refractivity contribution in [3.8, 4) is 0 Å². The third kappa shape index (κ3) is 2.76. The van der Waals surface area contributed by atoms with E-state index in [1.165, 1.54) is 13.8 Å². The van der Waals surface area contributed by atoms with Crippen molar-refractivity contribution in [3.63, 3.8) is 0 Å². The van der Waals surface area contributed by atoms with Crippen molar-refractivity contribution in [1.82, 2.24) is 0 Å². The van der Waals surface area contributed by atoms with Crippen LogP contribution in [0.5, 0.6) is 0 Å². The fourth-order valence-electron chi connectivity index (χ4n) is 0.692. The standard InChI is InChI=1S/C7H15O3P/c1-7(2,3)6(8)11(5,9)10-4/h1-5H3/t11-/m0/s1. The predicted octanol–water partition coefficient (Wildman–Crippen LogP) is 2.11. The highest BCUT2D eigenvalue weighted by atomic mass is 31.2. The van der Waals surface area contributed by atoms with Crippen LogP contribution in [0.1, 0.15) is 20.8 Å². The monoisotopic (exact) mass is 178 g/mol. The van der Waals surface area contributed by atoms with E-state index in [0.29, 0.717) is 0 Å². The Kier molecular flexibility index (Phi) is 3.04. The molecule has 1 atom stereocenters. The smallest absolute Gasteiger partial charge is 0.264 e. The van der Waals surface area contributed by atoms with E-state index in [-0.39, 0.29) is 5.52 Å². The van der Waals surface area contributed by atoms with Gasteiger partial charge in [0.1, 0.15) is 0 Å². The van der Waals surface area contributed by atoms with Crippen LogP contribution >= 0.6 is 7.37 Å². The van der Waals surface area contributed by atoms with Crippen LogP contribution in [-0.2, 0) is 13.9 Å². The molecule has 0 saturated heterocycles. The van der Waals surface area contributed by atoms with E-state index in [2.05, 4.69) is 4.52 Å². The largest absolute Gasteiger partial charge is 0.327 e. The van der Waals surface area contributed by atoms with Crippen molar-refractivity contribution in [3.05, 3.63) is 0 Å². The second-order valence-corrected chi connectivity index (χ2v) is 6.05. The molecule has 3 nitrogen and oxygen atoms in total. The summed E-state index contributed by atoms with van der Waals surface area (Å²) < 4.78 is 16.0. The SMILES string of the molecule is CO[P@](C)(=O)C(=O)C(C)(C)C. The van der Waals surface area contributed by atoms with E-state index in [0.717, 1.165) is 0 Å². The van der Waals surface area contributed by atoms with Gasteiger partial charge in [-0.25, -0.2) is 0 Å². The summed E-state index contributed by atoms with van der Waals surface area (Å²) in [4.78, 5) is 11.3. The van der Waals surface area contributed by atoms with Gasteiger partial charge < -0.3 is 4.52 Å². The molecule has 4 heteroatoms. The molecule has 0 aliphatic heterocycles. The summed E-state index contributed by atoms with van der Waals surface area (Å²) in [6.45, 7) is 6.53. The van der Waals surface area contributed by atoms with Gasteiger partial charge in [0.05, 0.1) is 0 Å². The Hall–Kier alpha value is -0.140. The van der Waals surface area contributed by atoms with Crippen molar-refractivity contribution in [2.24, 2.45) is 5.41 Å². The van der Waals surface area contributed by atoms with Gasteiger partial charge >= 0.3 is 0 Å². The first kappa shape index (κ1) is 10.9. The van der Waals surface area contributed by atoms with Gasteiger partial charge in [0.2, 0.25) is 5.52 Å². The lowest BCUT2D eigenvalue weighted by Crippen LogP contribution is -2.20. The van der Waals surface area contributed by atoms with E-state index in [1.807, 2.05) is 0 Å². The average molecular weight is 178 g/mol. The fraction of sp³-hybridized carbons (Fsp3) is 0.857. The van der Waals surface area contributed by atoms with Crippen LogP contribution in [0.2, 0.25) is 0 Å². The topological polar surface area (TPSA) is 43.4 Å². The molecule has 0 unspecified atom stereocenters. The number of rotatable bonds is 2. The second-order valence-electron chi connectivity index (χ2n) is 3.58. The van der Waals surface area contributed by atoms with Crippen LogP contribution in [-0.4, -0.2) is 19.3 Å². The number of hydrogen-bond donors (Lipinski definition) is 0. The normalized spacial score (nSPS) is 17.5. The van der Waals surface area contributed by atoms with E-state index in [4.69, 9.17) is 0 Å². The fourth-order valence-corrected chi connectivity index (χ4v) is 2.08. The molecule has 0 rings (SSSR count). The predicted molar refractivity (Wildman–Crippen MR) is 45.0 cm³/mol. The third-order valence-corrected chi connectivity index (χ3v) is 3.46. The zero-order valence-corrected chi connectivity index (χ0v) is 8.57. The van der Waals surface area contributed by atoms with Crippen LogP contribution in [0.25, 0.3) is 0 Å². The summed E-state index contributed by atoms with van der Waals surface area (Å²) in [5.74, 6) is 0. The highest BCUT2D eigenvalue weighted by Crippen LogP contribution is 2.48. The lowest BCUT2D eigenvalue weighted by Gasteiger charge is -2.20. The molecule has 0 aliphatic carbocycles. The maximum Gasteiger partial charge on any atom is 0.264 e. The van der Waals surface area contributed by atoms with Crippen molar-refractivity contribution in [2.75, 3.05) is 13.8 Å². The highest BCUT2D eigenvalue weighted by molar-refractivity contribution is 7.75. The molecule has 0 saturated carbocycles. The summed E-state index contributed by atoms with van der Waals surface area (Å²) in [6, 6.07) is 0. The van der Waals surface area contributed by atoms with Gasteiger partial charge in [-0.1, -0.05) is 20.8 Å². The number of hydrogen-bond acceptors (Lipinski definition) is 3. The molecule has 0 amide bonds. The van der Waals surface area contributed by atoms with Crippen LogP contribution in [0.3, 0.4) is 0 Å². The van der Waals surface area contributed by atoms with Crippen LogP contribution in [0, 0.1) is 5.41 Å². The minimum absolute atomic E-state index is 0.312. The lowest BCUT2D eigenvalue weighted by atomic mass is 9.99. The van der Waals surface area contributed by atoms with Gasteiger partial charge in [0.15, 0.2) is 0 Å². The molecule has 0 aromatic carbocycles. The van der Waals surface area contributed by atoms with Gasteiger partial charge in [-0.3, -0.25) is 9.36 Å². The Morgan fingerprint density at radius 3 is 1.82 bits per heavy atom. The minimum Gasteiger partial charge on any atom is -0.327 e. The average Bonchev–Trinajstić information content (AvgIpc) is 1.84. The quantitative estimate of drug-likeness (QED) is 0.608. The Labute approximate surface area is 67.6 Å². The first-order chi connectivity index (χ1) is 4.72. The molecule has 0 bridgehead atoms. The Morgan fingerprint density at radius 2 is 1.73 bits per heavy atom. The zero-order chi connectivity index (χ0) is 9.28. The summed E-state index contributed by atoms with van der Waals surface area (Å²) in [7, 11) is -1.73. The number of carbonyl (C=O) groups is 1. The molecule has 0 aliphatic rings. The summed E-state index contributed by atoms with van der Waals surface area (Å²) in [5, 5.41) is 0. The molecule has 0 aromatic heterocycles. The van der Waals surface area contributed by atoms with E-state index in [9.17, 15) is 9.36 Å². The minimum atomic E-state index is -3.02. The second kappa shape index (κ2) is 3.08. The van der Waals surface area contributed by atoms with Gasteiger partial charge in [0.25, 0.3) is 7.37 Å². The maximum atomic E-state index is 11.4. The summed E-state index contributed by atoms with van der Waals surface area (Å²) >= 11 is 0. The molecule has 0 N–H and O–H groups in total. The molecule has 0 fully saturated rings. The molecular weight excluding hydrogens is 163 g/mol. The van der Waals surface area contributed by atoms with Crippen molar-refractivity contribution < 1.29 is 13.9 Å². The zero-order valence-electron chi connectivity index (χ0n) is 7.67. The van der Waals surface area contributed by atoms with E-state index < -0.39 is 12.8 Å². The van der Waals surface area contributed by atoms with Crippen molar-refractivity contribution in [2.45, 2.75) is 20.8 Å². The highest BCUT2D eigenvalue weighted by Gasteiger charge is 2.35. The van der Waals surface area contributed by atoms with E-state index >= 15 is 0 Å². The molecular formula is C7H15O3P. The van der Waals surface area contributed by atoms with Crippen molar-refractivity contribution >= 4 is 12.9 Å². The van der Waals surface area contributed by atoms with Gasteiger partial charge in [-0.2, -0.15) is 0 Å². The first-order valence-electron chi connectivity index (χ1n) is 3.40. The Balaban J connectivity index is 4.65. The maximum absolute atomic E-state index is 11.4. The summed E-state index contributed by atoms with van der Waals surface area (Å²) in [6.07, 6.45) is 0. The molecule has 0 radical (unpaired) electrons. The Bertz CT molecular complexity index is 202. The number of carbonyl (C=O) groups excluding carboxylic acids is 1. The van der Waals surface area contributed by atoms with Gasteiger partial charge in [0, 0.05) is 19.2 Å². The molecule has 0 heterocycles. The van der Waals surface area contributed by atoms with Crippen LogP contribution < -0.4 is 0 Å². The first-order valence-corrected chi connectivity index (χ1v) is 5.47. The molecule has 0 spiro atoms. The van der Waals surface area contributed by atoms with Crippen LogP contribution in [0.15, 0.2) is 0 Å². The van der Waals surface area contributed by atoms with Crippen molar-refractivity contribution in [1.29, 1.82) is 0 Å². The molecule has 66 valence electrons. The molecule has 11 heavy (non-hydrogen) atoms. The van der Waals surface area contributed by atoms with Gasteiger partial charge in [-0.05, 0) is 0 Å². The molecule has 0 aromatic rings.